The number of fused-ring (bicyclic) bond motifs is 1. The molecule has 3 N–H and O–H groups in total. The minimum absolute atomic E-state index is 0.0285. The fourth-order valence-electron chi connectivity index (χ4n) is 3.35. The summed E-state index contributed by atoms with van der Waals surface area (Å²) >= 11 is 0. The number of hydrogen-bond donors (Lipinski definition) is 3. The van der Waals surface area contributed by atoms with Gasteiger partial charge in [0.25, 0.3) is 0 Å². The van der Waals surface area contributed by atoms with Crippen molar-refractivity contribution in [2.24, 2.45) is 0 Å². The van der Waals surface area contributed by atoms with Gasteiger partial charge < -0.3 is 15.4 Å². The van der Waals surface area contributed by atoms with Gasteiger partial charge >= 0.3 is 0 Å². The molecule has 3 rings (SSSR count). The Bertz CT molecular complexity index is 962. The van der Waals surface area contributed by atoms with E-state index in [4.69, 9.17) is 0 Å². The van der Waals surface area contributed by atoms with Gasteiger partial charge in [-0.1, -0.05) is 29.8 Å². The highest BCUT2D eigenvalue weighted by Crippen LogP contribution is 2.26. The number of aromatic nitrogens is 1. The SMILES string of the molecule is Cc1cc(C)c2[nH]c(C)c(CC(=O)NCC(O)c3ccccc3F)c2c1. The molecule has 0 radical (unpaired) electrons. The van der Waals surface area contributed by atoms with Crippen LogP contribution in [0, 0.1) is 26.6 Å². The van der Waals surface area contributed by atoms with Crippen LogP contribution < -0.4 is 5.32 Å². The fraction of sp³-hybridized carbons (Fsp3) is 0.286. The molecule has 2 aromatic carbocycles. The lowest BCUT2D eigenvalue weighted by molar-refractivity contribution is -0.120. The maximum atomic E-state index is 13.7. The molecule has 0 aliphatic carbocycles. The van der Waals surface area contributed by atoms with Crippen molar-refractivity contribution in [1.82, 2.24) is 10.3 Å². The van der Waals surface area contributed by atoms with Crippen LogP contribution in [0.1, 0.15) is 34.1 Å². The van der Waals surface area contributed by atoms with Crippen LogP contribution in [-0.4, -0.2) is 22.5 Å². The van der Waals surface area contributed by atoms with Crippen LogP contribution in [0.4, 0.5) is 4.39 Å². The van der Waals surface area contributed by atoms with Crippen molar-refractivity contribution in [3.8, 4) is 0 Å². The number of amides is 1. The van der Waals surface area contributed by atoms with E-state index in [9.17, 15) is 14.3 Å². The van der Waals surface area contributed by atoms with Crippen LogP contribution in [0.5, 0.6) is 0 Å². The number of H-pyrrole nitrogens is 1. The van der Waals surface area contributed by atoms with E-state index in [1.54, 1.807) is 12.1 Å². The highest BCUT2D eigenvalue weighted by molar-refractivity contribution is 5.92. The molecule has 0 spiro atoms. The highest BCUT2D eigenvalue weighted by Gasteiger charge is 2.16. The lowest BCUT2D eigenvalue weighted by atomic mass is 10.0. The summed E-state index contributed by atoms with van der Waals surface area (Å²) in [6, 6.07) is 10.2. The van der Waals surface area contributed by atoms with Crippen LogP contribution in [0.25, 0.3) is 10.9 Å². The molecule has 0 aliphatic rings. The molecule has 1 amide bonds. The van der Waals surface area contributed by atoms with Crippen molar-refractivity contribution in [3.63, 3.8) is 0 Å². The van der Waals surface area contributed by atoms with E-state index >= 15 is 0 Å². The Hall–Kier alpha value is -2.66. The molecule has 0 saturated carbocycles. The first kappa shape index (κ1) is 18.1. The van der Waals surface area contributed by atoms with Gasteiger partial charge in [-0.05, 0) is 44.0 Å². The van der Waals surface area contributed by atoms with E-state index in [0.717, 1.165) is 33.3 Å². The van der Waals surface area contributed by atoms with E-state index in [2.05, 4.69) is 22.4 Å². The quantitative estimate of drug-likeness (QED) is 0.655. The van der Waals surface area contributed by atoms with Gasteiger partial charge in [0.2, 0.25) is 5.91 Å². The average molecular weight is 354 g/mol. The fourth-order valence-corrected chi connectivity index (χ4v) is 3.35. The third kappa shape index (κ3) is 3.63. The third-order valence-corrected chi connectivity index (χ3v) is 4.66. The molecule has 1 heterocycles. The summed E-state index contributed by atoms with van der Waals surface area (Å²) in [7, 11) is 0. The number of halogens is 1. The lowest BCUT2D eigenvalue weighted by Gasteiger charge is -2.13. The molecule has 4 nitrogen and oxygen atoms in total. The largest absolute Gasteiger partial charge is 0.386 e. The third-order valence-electron chi connectivity index (χ3n) is 4.66. The van der Waals surface area contributed by atoms with Crippen molar-refractivity contribution >= 4 is 16.8 Å². The molecular weight excluding hydrogens is 331 g/mol. The van der Waals surface area contributed by atoms with Gasteiger partial charge in [-0.25, -0.2) is 4.39 Å². The van der Waals surface area contributed by atoms with E-state index in [0.29, 0.717) is 0 Å². The maximum Gasteiger partial charge on any atom is 0.224 e. The molecular formula is C21H23FN2O2. The molecule has 5 heteroatoms. The van der Waals surface area contributed by atoms with Gasteiger partial charge in [0, 0.05) is 28.7 Å². The Labute approximate surface area is 152 Å². The zero-order valence-electron chi connectivity index (χ0n) is 15.2. The minimum Gasteiger partial charge on any atom is -0.386 e. The summed E-state index contributed by atoms with van der Waals surface area (Å²) in [5.74, 6) is -0.684. The second kappa shape index (κ2) is 7.30. The molecule has 3 aromatic rings. The van der Waals surface area contributed by atoms with Crippen LogP contribution in [0.3, 0.4) is 0 Å². The highest BCUT2D eigenvalue weighted by atomic mass is 19.1. The number of nitrogens with one attached hydrogen (secondary N) is 2. The predicted molar refractivity (Wildman–Crippen MR) is 101 cm³/mol. The van der Waals surface area contributed by atoms with Gasteiger partial charge in [-0.3, -0.25) is 4.79 Å². The zero-order chi connectivity index (χ0) is 18.8. The van der Waals surface area contributed by atoms with Gasteiger partial charge in [0.05, 0.1) is 12.5 Å². The Balaban J connectivity index is 1.72. The summed E-state index contributed by atoms with van der Waals surface area (Å²) in [6.45, 7) is 5.99. The maximum absolute atomic E-state index is 13.7. The summed E-state index contributed by atoms with van der Waals surface area (Å²) in [5.41, 5.74) is 5.42. The lowest BCUT2D eigenvalue weighted by Crippen LogP contribution is -2.30. The summed E-state index contributed by atoms with van der Waals surface area (Å²) < 4.78 is 13.7. The number of aromatic amines is 1. The smallest absolute Gasteiger partial charge is 0.224 e. The van der Waals surface area contributed by atoms with Crippen molar-refractivity contribution in [1.29, 1.82) is 0 Å². The Morgan fingerprint density at radius 2 is 1.96 bits per heavy atom. The van der Waals surface area contributed by atoms with Crippen LogP contribution in [0.15, 0.2) is 36.4 Å². The number of aryl methyl sites for hydroxylation is 3. The number of aliphatic hydroxyl groups is 1. The van der Waals surface area contributed by atoms with Crippen molar-refractivity contribution < 1.29 is 14.3 Å². The van der Waals surface area contributed by atoms with Crippen molar-refractivity contribution in [3.05, 3.63) is 70.2 Å². The van der Waals surface area contributed by atoms with Crippen LogP contribution in [0.2, 0.25) is 0 Å². The second-order valence-electron chi connectivity index (χ2n) is 6.75. The Morgan fingerprint density at radius 3 is 2.69 bits per heavy atom. The second-order valence-corrected chi connectivity index (χ2v) is 6.75. The average Bonchev–Trinajstić information content (AvgIpc) is 2.89. The summed E-state index contributed by atoms with van der Waals surface area (Å²) in [5, 5.41) is 13.9. The molecule has 136 valence electrons. The summed E-state index contributed by atoms with van der Waals surface area (Å²) in [4.78, 5) is 15.7. The number of carbonyl (C=O) groups is 1. The predicted octanol–water partition coefficient (Wildman–Crippen LogP) is 3.62. The monoisotopic (exact) mass is 354 g/mol. The first-order valence-electron chi connectivity index (χ1n) is 8.64. The Morgan fingerprint density at radius 1 is 1.23 bits per heavy atom. The van der Waals surface area contributed by atoms with E-state index in [-0.39, 0.29) is 24.4 Å². The van der Waals surface area contributed by atoms with E-state index in [1.807, 2.05) is 20.8 Å². The number of carbonyl (C=O) groups excluding carboxylic acids is 1. The number of rotatable bonds is 5. The minimum atomic E-state index is -1.08. The topological polar surface area (TPSA) is 65.1 Å². The first-order valence-corrected chi connectivity index (χ1v) is 8.64. The molecule has 0 fully saturated rings. The Kier molecular flexibility index (Phi) is 5.09. The molecule has 26 heavy (non-hydrogen) atoms. The van der Waals surface area contributed by atoms with Gasteiger partial charge in [0.15, 0.2) is 0 Å². The van der Waals surface area contributed by atoms with Crippen molar-refractivity contribution in [2.75, 3.05) is 6.54 Å². The van der Waals surface area contributed by atoms with Crippen LogP contribution in [-0.2, 0) is 11.2 Å². The molecule has 1 atom stereocenters. The standard InChI is InChI=1S/C21H23FN2O2/c1-12-8-13(2)21-17(9-12)16(14(3)24-21)10-20(26)23-11-19(25)15-6-4-5-7-18(15)22/h4-9,19,24-25H,10-11H2,1-3H3,(H,23,26). The van der Waals surface area contributed by atoms with Gasteiger partial charge in [-0.15, -0.1) is 0 Å². The van der Waals surface area contributed by atoms with E-state index < -0.39 is 11.9 Å². The van der Waals surface area contributed by atoms with Gasteiger partial charge in [0.1, 0.15) is 5.82 Å². The number of aliphatic hydroxyl groups excluding tert-OH is 1. The zero-order valence-corrected chi connectivity index (χ0v) is 15.2. The molecule has 0 aliphatic heterocycles. The van der Waals surface area contributed by atoms with Gasteiger partial charge in [-0.2, -0.15) is 0 Å². The molecule has 0 saturated heterocycles. The van der Waals surface area contributed by atoms with E-state index in [1.165, 1.54) is 12.1 Å². The normalized spacial score (nSPS) is 12.3. The molecule has 1 unspecified atom stereocenters. The number of benzene rings is 2. The van der Waals surface area contributed by atoms with Crippen molar-refractivity contribution in [2.45, 2.75) is 33.3 Å². The molecule has 0 bridgehead atoms. The van der Waals surface area contributed by atoms with Crippen LogP contribution >= 0.6 is 0 Å². The number of hydrogen-bond acceptors (Lipinski definition) is 2. The summed E-state index contributed by atoms with van der Waals surface area (Å²) in [6.07, 6.45) is -0.868. The molecule has 1 aromatic heterocycles. The first-order chi connectivity index (χ1) is 12.4.